The molecule has 0 aromatic heterocycles. The molecule has 0 amide bonds. The van der Waals surface area contributed by atoms with E-state index in [0.717, 1.165) is 12.8 Å². The fourth-order valence-electron chi connectivity index (χ4n) is 3.03. The zero-order valence-electron chi connectivity index (χ0n) is 18.4. The average molecular weight is 488 g/mol. The van der Waals surface area contributed by atoms with Crippen LogP contribution < -0.4 is 14.8 Å². The predicted molar refractivity (Wildman–Crippen MR) is 132 cm³/mol. The molecule has 0 fully saturated rings. The second kappa shape index (κ2) is 11.1. The number of benzene rings is 3. The Hall–Kier alpha value is -3.23. The summed E-state index contributed by atoms with van der Waals surface area (Å²) in [5.41, 5.74) is 1.04. The summed E-state index contributed by atoms with van der Waals surface area (Å²) in [4.78, 5) is 12.4. The maximum atomic E-state index is 13.7. The van der Waals surface area contributed by atoms with E-state index in [-0.39, 0.29) is 16.2 Å². The molecule has 0 aliphatic carbocycles. The van der Waals surface area contributed by atoms with E-state index in [1.807, 2.05) is 18.2 Å². The Morgan fingerprint density at radius 3 is 2.42 bits per heavy atom. The van der Waals surface area contributed by atoms with Gasteiger partial charge in [0.15, 0.2) is 15.7 Å². The highest BCUT2D eigenvalue weighted by atomic mass is 35.5. The lowest BCUT2D eigenvalue weighted by molar-refractivity contribution is 0.0600. The van der Waals surface area contributed by atoms with Crippen molar-refractivity contribution in [2.75, 3.05) is 23.7 Å². The molecule has 0 radical (unpaired) electrons. The number of rotatable bonds is 10. The van der Waals surface area contributed by atoms with Crippen molar-refractivity contribution in [3.8, 4) is 11.5 Å². The molecule has 0 saturated heterocycles. The van der Waals surface area contributed by atoms with E-state index in [0.29, 0.717) is 28.7 Å². The Labute approximate surface area is 199 Å². The van der Waals surface area contributed by atoms with E-state index in [2.05, 4.69) is 17.0 Å². The van der Waals surface area contributed by atoms with Crippen molar-refractivity contribution in [3.05, 3.63) is 77.3 Å². The molecule has 3 rings (SSSR count). The van der Waals surface area contributed by atoms with Gasteiger partial charge in [-0.05, 0) is 55.0 Å². The summed E-state index contributed by atoms with van der Waals surface area (Å²) in [6.45, 7) is 2.67. The highest BCUT2D eigenvalue weighted by Crippen LogP contribution is 2.39. The van der Waals surface area contributed by atoms with Gasteiger partial charge in [0.25, 0.3) is 0 Å². The van der Waals surface area contributed by atoms with Crippen molar-refractivity contribution in [3.63, 3.8) is 0 Å². The van der Waals surface area contributed by atoms with Crippen molar-refractivity contribution in [2.24, 2.45) is 0 Å². The zero-order valence-corrected chi connectivity index (χ0v) is 20.0. The normalized spacial score (nSPS) is 12.5. The Morgan fingerprint density at radius 1 is 1.09 bits per heavy atom. The second-order valence-corrected chi connectivity index (χ2v) is 9.40. The van der Waals surface area contributed by atoms with Crippen molar-refractivity contribution >= 4 is 38.9 Å². The Balaban J connectivity index is 2.15. The first-order chi connectivity index (χ1) is 15.8. The van der Waals surface area contributed by atoms with Crippen LogP contribution in [0.5, 0.6) is 11.5 Å². The molecular formula is C24H26ClN3O4S. The molecule has 3 N–H and O–H groups in total. The highest BCUT2D eigenvalue weighted by molar-refractivity contribution is 7.93. The Morgan fingerprint density at radius 2 is 1.79 bits per heavy atom. The number of carbonyl (C=O) groups is 1. The van der Waals surface area contributed by atoms with Crippen LogP contribution in [0.4, 0.5) is 11.4 Å². The van der Waals surface area contributed by atoms with Crippen molar-refractivity contribution < 1.29 is 18.5 Å². The molecule has 0 spiro atoms. The van der Waals surface area contributed by atoms with E-state index in [9.17, 15) is 9.00 Å². The third kappa shape index (κ3) is 6.40. The number of anilines is 2. The minimum absolute atomic E-state index is 0.0169. The van der Waals surface area contributed by atoms with Gasteiger partial charge < -0.3 is 14.8 Å². The van der Waals surface area contributed by atoms with Crippen LogP contribution in [-0.4, -0.2) is 23.8 Å². The molecule has 0 bridgehead atoms. The summed E-state index contributed by atoms with van der Waals surface area (Å²) in [6.07, 6.45) is 1.83. The molecule has 1 unspecified atom stereocenters. The minimum atomic E-state index is -3.66. The van der Waals surface area contributed by atoms with E-state index < -0.39 is 15.9 Å². The first kappa shape index (κ1) is 24.4. The van der Waals surface area contributed by atoms with Gasteiger partial charge in [-0.3, -0.25) is 4.72 Å². The van der Waals surface area contributed by atoms with Crippen LogP contribution in [0, 0.1) is 4.78 Å². The first-order valence-electron chi connectivity index (χ1n) is 10.4. The number of methoxy groups -OCH3 is 1. The molecule has 3 aromatic rings. The Kier molecular flexibility index (Phi) is 8.19. The van der Waals surface area contributed by atoms with Crippen LogP contribution in [0.1, 0.15) is 30.1 Å². The third-order valence-electron chi connectivity index (χ3n) is 4.70. The largest absolute Gasteiger partial charge is 0.465 e. The van der Waals surface area contributed by atoms with Gasteiger partial charge in [-0.15, -0.1) is 0 Å². The number of unbranched alkanes of at least 4 members (excludes halogenated alkanes) is 1. The van der Waals surface area contributed by atoms with E-state index in [4.69, 9.17) is 25.9 Å². The van der Waals surface area contributed by atoms with Crippen molar-refractivity contribution in [1.29, 1.82) is 4.78 Å². The summed E-state index contributed by atoms with van der Waals surface area (Å²) >= 11 is 5.94. The van der Waals surface area contributed by atoms with Crippen LogP contribution in [0.2, 0.25) is 5.02 Å². The first-order valence-corrected chi connectivity index (χ1v) is 12.3. The average Bonchev–Trinajstić information content (AvgIpc) is 2.81. The monoisotopic (exact) mass is 487 g/mol. The molecule has 174 valence electrons. The lowest BCUT2D eigenvalue weighted by atomic mass is 10.1. The Bertz CT molecular complexity index is 1200. The number of halogens is 1. The fourth-order valence-corrected chi connectivity index (χ4v) is 4.44. The highest BCUT2D eigenvalue weighted by Gasteiger charge is 2.24. The zero-order chi connectivity index (χ0) is 23.8. The summed E-state index contributed by atoms with van der Waals surface area (Å²) in [7, 11) is -2.39. The maximum Gasteiger partial charge on any atom is 0.337 e. The molecule has 0 aliphatic heterocycles. The molecule has 0 aliphatic rings. The maximum absolute atomic E-state index is 13.7. The molecule has 0 saturated carbocycles. The van der Waals surface area contributed by atoms with Gasteiger partial charge in [0.2, 0.25) is 0 Å². The van der Waals surface area contributed by atoms with Gasteiger partial charge in [-0.2, -0.15) is 0 Å². The van der Waals surface area contributed by atoms with E-state index >= 15 is 0 Å². The van der Waals surface area contributed by atoms with Gasteiger partial charge in [0, 0.05) is 17.3 Å². The predicted octanol–water partition coefficient (Wildman–Crippen LogP) is 6.56. The van der Waals surface area contributed by atoms with E-state index in [1.54, 1.807) is 42.5 Å². The number of para-hydroxylation sites is 1. The van der Waals surface area contributed by atoms with Gasteiger partial charge in [0.1, 0.15) is 10.6 Å². The summed E-state index contributed by atoms with van der Waals surface area (Å²) in [6, 6.07) is 18.4. The molecule has 0 heterocycles. The van der Waals surface area contributed by atoms with Crippen molar-refractivity contribution in [1.82, 2.24) is 0 Å². The number of hydrogen-bond acceptors (Lipinski definition) is 6. The van der Waals surface area contributed by atoms with Crippen LogP contribution in [-0.2, 0) is 14.7 Å². The van der Waals surface area contributed by atoms with Gasteiger partial charge in [-0.25, -0.2) is 13.8 Å². The standard InChI is InChI=1S/C24H26ClN3O4S/c1-3-4-14-27-21-15-17(24(29)31-2)16-22(23(21)32-20-8-6-5-7-9-20)33(26,30)28-19-12-10-18(25)11-13-19/h5-13,15-16,27H,3-4,14H2,1-2H3,(H2,26,28,30). The fraction of sp³-hybridized carbons (Fsp3) is 0.208. The molecule has 33 heavy (non-hydrogen) atoms. The van der Waals surface area contributed by atoms with Gasteiger partial charge in [-0.1, -0.05) is 43.1 Å². The smallest absolute Gasteiger partial charge is 0.337 e. The topological polar surface area (TPSA) is 101 Å². The summed E-state index contributed by atoms with van der Waals surface area (Å²) in [5.74, 6) is 0.0963. The number of esters is 1. The molecule has 7 nitrogen and oxygen atoms in total. The molecule has 1 atom stereocenters. The van der Waals surface area contributed by atoms with Gasteiger partial charge >= 0.3 is 5.97 Å². The molecule has 9 heteroatoms. The van der Waals surface area contributed by atoms with Crippen LogP contribution in [0.15, 0.2) is 71.6 Å². The van der Waals surface area contributed by atoms with E-state index in [1.165, 1.54) is 13.2 Å². The quantitative estimate of drug-likeness (QED) is 0.222. The van der Waals surface area contributed by atoms with Crippen LogP contribution in [0.3, 0.4) is 0 Å². The number of carbonyl (C=O) groups excluding carboxylic acids is 1. The van der Waals surface area contributed by atoms with Gasteiger partial charge in [0.05, 0.1) is 18.4 Å². The number of hydrogen-bond donors (Lipinski definition) is 3. The second-order valence-electron chi connectivity index (χ2n) is 7.20. The van der Waals surface area contributed by atoms with Crippen LogP contribution in [0.25, 0.3) is 0 Å². The van der Waals surface area contributed by atoms with Crippen LogP contribution >= 0.6 is 11.6 Å². The summed E-state index contributed by atoms with van der Waals surface area (Å²) in [5, 5.41) is 3.76. The molecular weight excluding hydrogens is 462 g/mol. The number of nitrogens with one attached hydrogen (secondary N) is 3. The molecule has 3 aromatic carbocycles. The minimum Gasteiger partial charge on any atom is -0.465 e. The third-order valence-corrected chi connectivity index (χ3v) is 6.40. The van der Waals surface area contributed by atoms with Crippen molar-refractivity contribution in [2.45, 2.75) is 24.7 Å². The number of ether oxygens (including phenoxy) is 2. The lowest BCUT2D eigenvalue weighted by Gasteiger charge is -2.20. The SMILES string of the molecule is CCCCNc1cc(C(=O)OC)cc(S(=N)(=O)Nc2ccc(Cl)cc2)c1Oc1ccccc1. The summed E-state index contributed by atoms with van der Waals surface area (Å²) < 4.78 is 36.1. The lowest BCUT2D eigenvalue weighted by Crippen LogP contribution is -2.15.